The summed E-state index contributed by atoms with van der Waals surface area (Å²) in [7, 11) is -11.1. The number of phosphoric acid groups is 2. The molecule has 0 aliphatic carbocycles. The third-order valence-electron chi connectivity index (χ3n) is 5.05. The van der Waals surface area contributed by atoms with Crippen molar-refractivity contribution in [1.82, 2.24) is 9.55 Å². The lowest BCUT2D eigenvalue weighted by molar-refractivity contribution is -0.266. The molecule has 204 valence electrons. The number of aliphatic hydroxyl groups excluding tert-OH is 5. The molecule has 3 heterocycles. The van der Waals surface area contributed by atoms with E-state index in [0.29, 0.717) is 4.57 Å². The number of hydrogen-bond acceptors (Lipinski definition) is 15. The molecule has 2 aliphatic heterocycles. The maximum absolute atomic E-state index is 12.1. The molecule has 1 aromatic heterocycles. The number of H-pyrrole nitrogens is 1. The van der Waals surface area contributed by atoms with Crippen LogP contribution in [0.3, 0.4) is 0 Å². The minimum atomic E-state index is -5.63. The highest BCUT2D eigenvalue weighted by Crippen LogP contribution is 2.61. The third-order valence-corrected chi connectivity index (χ3v) is 7.65. The van der Waals surface area contributed by atoms with Crippen LogP contribution in [0.4, 0.5) is 0 Å². The Bertz CT molecular complexity index is 1160. The molecule has 19 nitrogen and oxygen atoms in total. The standard InChI is InChI=1S/C15H22N2O17P2/c18-3-5-8(20)10(22)12(24)14(32-5)33-36(28,29)34-35(26,27)30-4-6-9(21)11(23)13(31-6)17-2-1-7(19)16-15(17)25/h1-3,5-6,8-14,20-24H,4H2,(H,26,27)(H,28,29)(H,16,19,25)/t5-,6?,8+,9?,10+,11?,12-,13?,14-/m1/s1. The molecule has 0 amide bonds. The molecule has 21 heteroatoms. The van der Waals surface area contributed by atoms with Crippen molar-refractivity contribution in [2.24, 2.45) is 0 Å². The van der Waals surface area contributed by atoms with Crippen LogP contribution in [0.15, 0.2) is 21.9 Å². The van der Waals surface area contributed by atoms with E-state index in [0.717, 1.165) is 12.3 Å². The largest absolute Gasteiger partial charge is 0.483 e. The average molecular weight is 564 g/mol. The van der Waals surface area contributed by atoms with Crippen LogP contribution in [0.25, 0.3) is 0 Å². The Morgan fingerprint density at radius 3 is 2.25 bits per heavy atom. The van der Waals surface area contributed by atoms with Gasteiger partial charge >= 0.3 is 21.3 Å². The van der Waals surface area contributed by atoms with E-state index in [9.17, 15) is 58.8 Å². The van der Waals surface area contributed by atoms with E-state index in [-0.39, 0.29) is 6.29 Å². The Hall–Kier alpha value is -1.67. The number of phosphoric ester groups is 2. The van der Waals surface area contributed by atoms with Gasteiger partial charge in [0, 0.05) is 12.3 Å². The van der Waals surface area contributed by atoms with Crippen LogP contribution in [0, 0.1) is 0 Å². The molecular weight excluding hydrogens is 542 g/mol. The number of aromatic amines is 1. The minimum Gasteiger partial charge on any atom is -0.387 e. The van der Waals surface area contributed by atoms with Crippen molar-refractivity contribution in [2.75, 3.05) is 6.61 Å². The van der Waals surface area contributed by atoms with E-state index in [4.69, 9.17) is 9.47 Å². The first kappa shape index (κ1) is 28.9. The smallest absolute Gasteiger partial charge is 0.387 e. The van der Waals surface area contributed by atoms with Gasteiger partial charge in [0.25, 0.3) is 5.56 Å². The zero-order valence-electron chi connectivity index (χ0n) is 17.7. The van der Waals surface area contributed by atoms with Crippen LogP contribution in [-0.2, 0) is 36.8 Å². The quantitative estimate of drug-likeness (QED) is 0.103. The Labute approximate surface area is 199 Å². The van der Waals surface area contributed by atoms with Gasteiger partial charge in [-0.3, -0.25) is 23.4 Å². The molecule has 36 heavy (non-hydrogen) atoms. The molecule has 0 saturated carbocycles. The highest BCUT2D eigenvalue weighted by atomic mass is 31.3. The summed E-state index contributed by atoms with van der Waals surface area (Å²) in [6, 6.07) is 0.923. The molecule has 2 saturated heterocycles. The van der Waals surface area contributed by atoms with E-state index < -0.39 is 88.7 Å². The van der Waals surface area contributed by atoms with Gasteiger partial charge < -0.3 is 49.6 Å². The maximum atomic E-state index is 12.1. The van der Waals surface area contributed by atoms with Crippen LogP contribution >= 0.6 is 15.6 Å². The van der Waals surface area contributed by atoms with Crippen molar-refractivity contribution < 1.29 is 72.1 Å². The van der Waals surface area contributed by atoms with Gasteiger partial charge in [0.05, 0.1) is 6.61 Å². The highest BCUT2D eigenvalue weighted by Gasteiger charge is 2.49. The Morgan fingerprint density at radius 1 is 0.972 bits per heavy atom. The minimum absolute atomic E-state index is 0.00486. The molecule has 8 N–H and O–H groups in total. The summed E-state index contributed by atoms with van der Waals surface area (Å²) in [5, 5.41) is 49.3. The fourth-order valence-corrected chi connectivity index (χ4v) is 5.43. The third kappa shape index (κ3) is 6.42. The summed E-state index contributed by atoms with van der Waals surface area (Å²) < 4.78 is 47.8. The zero-order chi connectivity index (χ0) is 27.0. The molecule has 3 rings (SSSR count). The fourth-order valence-electron chi connectivity index (χ4n) is 3.27. The first-order valence-corrected chi connectivity index (χ1v) is 12.8. The normalized spacial score (nSPS) is 38.2. The average Bonchev–Trinajstić information content (AvgIpc) is 3.06. The van der Waals surface area contributed by atoms with Gasteiger partial charge in [-0.05, 0) is 0 Å². The molecule has 6 unspecified atom stereocenters. The second kappa shape index (κ2) is 11.0. The van der Waals surface area contributed by atoms with E-state index in [1.165, 1.54) is 0 Å². The maximum Gasteiger partial charge on any atom is 0.483 e. The van der Waals surface area contributed by atoms with Crippen LogP contribution in [0.5, 0.6) is 0 Å². The summed E-state index contributed by atoms with van der Waals surface area (Å²) in [6.07, 6.45) is -16.0. The molecule has 2 fully saturated rings. The molecule has 0 bridgehead atoms. The van der Waals surface area contributed by atoms with Crippen LogP contribution in [0.1, 0.15) is 6.23 Å². The molecule has 0 radical (unpaired) electrons. The van der Waals surface area contributed by atoms with Gasteiger partial charge in [-0.15, -0.1) is 0 Å². The number of nitrogens with one attached hydrogen (secondary N) is 1. The molecule has 0 aromatic carbocycles. The molecule has 2 aliphatic rings. The van der Waals surface area contributed by atoms with Gasteiger partial charge in [0.2, 0.25) is 0 Å². The van der Waals surface area contributed by atoms with E-state index in [1.54, 1.807) is 0 Å². The number of aliphatic hydroxyl groups is 5. The van der Waals surface area contributed by atoms with Crippen LogP contribution in [0.2, 0.25) is 0 Å². The van der Waals surface area contributed by atoms with Gasteiger partial charge in [-0.2, -0.15) is 4.31 Å². The number of aromatic nitrogens is 2. The number of nitrogens with zero attached hydrogens (tertiary/aromatic N) is 1. The van der Waals surface area contributed by atoms with E-state index in [1.807, 2.05) is 4.98 Å². The lowest BCUT2D eigenvalue weighted by Gasteiger charge is -2.38. The number of hydrogen-bond donors (Lipinski definition) is 8. The van der Waals surface area contributed by atoms with Gasteiger partial charge in [-0.1, -0.05) is 0 Å². The highest BCUT2D eigenvalue weighted by molar-refractivity contribution is 7.61. The molecule has 0 spiro atoms. The molecule has 1 aromatic rings. The fraction of sp³-hybridized carbons (Fsp3) is 0.667. The number of carbonyl (C=O) groups is 1. The molecular formula is C15H22N2O17P2. The first-order valence-electron chi connectivity index (χ1n) is 9.83. The Balaban J connectivity index is 1.62. The number of aldehydes is 1. The first-order chi connectivity index (χ1) is 16.7. The summed E-state index contributed by atoms with van der Waals surface area (Å²) in [4.78, 5) is 55.3. The Morgan fingerprint density at radius 2 is 1.64 bits per heavy atom. The predicted octanol–water partition coefficient (Wildman–Crippen LogP) is -4.59. The molecule has 11 atom stereocenters. The lowest BCUT2D eigenvalue weighted by atomic mass is 10.00. The second-order valence-corrected chi connectivity index (χ2v) is 10.6. The lowest BCUT2D eigenvalue weighted by Crippen LogP contribution is -2.58. The van der Waals surface area contributed by atoms with Crippen LogP contribution < -0.4 is 11.2 Å². The van der Waals surface area contributed by atoms with Crippen molar-refractivity contribution >= 4 is 21.9 Å². The van der Waals surface area contributed by atoms with Crippen LogP contribution in [-0.4, -0.2) is 107 Å². The summed E-state index contributed by atoms with van der Waals surface area (Å²) >= 11 is 0. The van der Waals surface area contributed by atoms with Crippen molar-refractivity contribution in [1.29, 1.82) is 0 Å². The van der Waals surface area contributed by atoms with Gasteiger partial charge in [0.1, 0.15) is 42.7 Å². The zero-order valence-corrected chi connectivity index (χ0v) is 19.5. The van der Waals surface area contributed by atoms with E-state index in [2.05, 4.69) is 13.4 Å². The van der Waals surface area contributed by atoms with Crippen molar-refractivity contribution in [3.63, 3.8) is 0 Å². The summed E-state index contributed by atoms with van der Waals surface area (Å²) in [6.45, 7) is -1.04. The van der Waals surface area contributed by atoms with Crippen molar-refractivity contribution in [3.8, 4) is 0 Å². The SMILES string of the molecule is O=C[C@H]1O[C@H](OP(=O)(O)OP(=O)(O)OCC2OC(n3ccc(=O)[nH]c3=O)C(O)C2O)[C@H](O)[C@@H](O)[C@H]1O. The number of ether oxygens (including phenoxy) is 2. The van der Waals surface area contributed by atoms with Gasteiger partial charge in [0.15, 0.2) is 18.8 Å². The summed E-state index contributed by atoms with van der Waals surface area (Å²) in [5.41, 5.74) is -1.76. The Kier molecular flexibility index (Phi) is 8.81. The number of carbonyl (C=O) groups excluding carboxylic acids is 1. The number of rotatable bonds is 9. The summed E-state index contributed by atoms with van der Waals surface area (Å²) in [5.74, 6) is 0. The van der Waals surface area contributed by atoms with Crippen molar-refractivity contribution in [3.05, 3.63) is 33.1 Å². The van der Waals surface area contributed by atoms with Crippen molar-refractivity contribution in [2.45, 2.75) is 55.2 Å². The second-order valence-electron chi connectivity index (χ2n) is 7.56. The predicted molar refractivity (Wildman–Crippen MR) is 108 cm³/mol. The monoisotopic (exact) mass is 564 g/mol. The topological polar surface area (TPSA) is 294 Å². The van der Waals surface area contributed by atoms with E-state index >= 15 is 0 Å². The van der Waals surface area contributed by atoms with Gasteiger partial charge in [-0.25, -0.2) is 13.9 Å².